The monoisotopic (exact) mass is 804 g/mol. The van der Waals surface area contributed by atoms with Crippen LogP contribution >= 0.6 is 0 Å². The third-order valence-electron chi connectivity index (χ3n) is 12.4. The molecule has 1 aliphatic heterocycles. The Morgan fingerprint density at radius 1 is 0.254 bits per heavy atom. The molecule has 0 saturated heterocycles. The fraction of sp³-hybridized carbons (Fsp3) is 0. The zero-order chi connectivity index (χ0) is 41.7. The van der Waals surface area contributed by atoms with Crippen molar-refractivity contribution in [2.45, 2.75) is 0 Å². The normalized spacial score (nSPS) is 11.6. The zero-order valence-electron chi connectivity index (χ0n) is 34.4. The molecule has 63 heavy (non-hydrogen) atoms. The van der Waals surface area contributed by atoms with Crippen LogP contribution in [0, 0.1) is 0 Å². The van der Waals surface area contributed by atoms with Crippen LogP contribution in [0.2, 0.25) is 0 Å². The zero-order valence-corrected chi connectivity index (χ0v) is 34.4. The van der Waals surface area contributed by atoms with Crippen molar-refractivity contribution in [2.24, 2.45) is 0 Å². The number of nitrogens with zero attached hydrogens (tertiary/aromatic N) is 2. The molecule has 0 atom stereocenters. The maximum absolute atomic E-state index is 6.95. The molecular weight excluding hydrogens is 765 g/mol. The summed E-state index contributed by atoms with van der Waals surface area (Å²) in [6.45, 7) is 0. The van der Waals surface area contributed by atoms with Crippen LogP contribution in [0.5, 0.6) is 11.5 Å². The molecular formula is C60H40N2O. The SMILES string of the molecule is c1ccc(-c2ccc(N(c3ccccc3)c3ccc4c(c3)Oc3cccc5c3c-4cc3c4ccccc4c(N(c4ccccc4)c4ccc(-c6ccccc6)cc4)cc53)cc2)cc1. The Kier molecular flexibility index (Phi) is 8.83. The largest absolute Gasteiger partial charge is 0.456 e. The van der Waals surface area contributed by atoms with Gasteiger partial charge in [-0.05, 0) is 128 Å². The first-order valence-electron chi connectivity index (χ1n) is 21.5. The van der Waals surface area contributed by atoms with E-state index in [0.717, 1.165) is 56.6 Å². The van der Waals surface area contributed by atoms with Crippen molar-refractivity contribution in [2.75, 3.05) is 9.80 Å². The maximum Gasteiger partial charge on any atom is 0.137 e. The highest BCUT2D eigenvalue weighted by Gasteiger charge is 2.26. The Morgan fingerprint density at radius 3 is 1.33 bits per heavy atom. The summed E-state index contributed by atoms with van der Waals surface area (Å²) in [6, 6.07) is 86.9. The van der Waals surface area contributed by atoms with Gasteiger partial charge in [0.1, 0.15) is 11.5 Å². The van der Waals surface area contributed by atoms with Gasteiger partial charge in [0, 0.05) is 50.8 Å². The Morgan fingerprint density at radius 2 is 0.714 bits per heavy atom. The van der Waals surface area contributed by atoms with Crippen molar-refractivity contribution in [3.63, 3.8) is 0 Å². The van der Waals surface area contributed by atoms with Crippen molar-refractivity contribution in [3.05, 3.63) is 243 Å². The second kappa shape index (κ2) is 15.3. The molecule has 3 nitrogen and oxygen atoms in total. The average molecular weight is 805 g/mol. The highest BCUT2D eigenvalue weighted by atomic mass is 16.5. The van der Waals surface area contributed by atoms with Crippen molar-refractivity contribution in [1.82, 2.24) is 0 Å². The summed E-state index contributed by atoms with van der Waals surface area (Å²) in [5, 5.41) is 7.07. The van der Waals surface area contributed by atoms with Crippen molar-refractivity contribution in [3.8, 4) is 44.9 Å². The molecule has 1 aliphatic rings. The molecule has 0 aromatic heterocycles. The lowest BCUT2D eigenvalue weighted by molar-refractivity contribution is 0.487. The Balaban J connectivity index is 1.01. The highest BCUT2D eigenvalue weighted by molar-refractivity contribution is 6.25. The first-order valence-corrected chi connectivity index (χ1v) is 21.5. The van der Waals surface area contributed by atoms with E-state index in [1.54, 1.807) is 0 Å². The number of rotatable bonds is 8. The number of fused-ring (bicyclic) bond motifs is 6. The van der Waals surface area contributed by atoms with Crippen LogP contribution in [0.4, 0.5) is 34.1 Å². The number of ether oxygens (including phenoxy) is 1. The molecule has 0 N–H and O–H groups in total. The molecule has 0 aliphatic carbocycles. The number of benzene rings is 11. The minimum absolute atomic E-state index is 0.837. The molecule has 0 saturated carbocycles. The second-order valence-corrected chi connectivity index (χ2v) is 16.1. The smallest absolute Gasteiger partial charge is 0.137 e. The predicted octanol–water partition coefficient (Wildman–Crippen LogP) is 17.2. The molecule has 1 heterocycles. The van der Waals surface area contributed by atoms with Crippen LogP contribution in [0.3, 0.4) is 0 Å². The third-order valence-corrected chi connectivity index (χ3v) is 12.4. The van der Waals surface area contributed by atoms with Gasteiger partial charge in [-0.15, -0.1) is 0 Å². The third kappa shape index (κ3) is 6.38. The van der Waals surface area contributed by atoms with E-state index in [1.165, 1.54) is 54.7 Å². The van der Waals surface area contributed by atoms with Gasteiger partial charge in [0.15, 0.2) is 0 Å². The van der Waals surface area contributed by atoms with E-state index in [9.17, 15) is 0 Å². The van der Waals surface area contributed by atoms with Gasteiger partial charge < -0.3 is 14.5 Å². The number of para-hydroxylation sites is 2. The van der Waals surface area contributed by atoms with E-state index in [-0.39, 0.29) is 0 Å². The quantitative estimate of drug-likeness (QED) is 0.142. The van der Waals surface area contributed by atoms with Crippen LogP contribution in [0.25, 0.3) is 65.7 Å². The van der Waals surface area contributed by atoms with Crippen LogP contribution in [0.1, 0.15) is 0 Å². The Labute approximate surface area is 367 Å². The summed E-state index contributed by atoms with van der Waals surface area (Å²) in [5.74, 6) is 1.70. The van der Waals surface area contributed by atoms with E-state index in [4.69, 9.17) is 4.74 Å². The predicted molar refractivity (Wildman–Crippen MR) is 265 cm³/mol. The van der Waals surface area contributed by atoms with Gasteiger partial charge in [0.2, 0.25) is 0 Å². The summed E-state index contributed by atoms with van der Waals surface area (Å²) in [7, 11) is 0. The van der Waals surface area contributed by atoms with Gasteiger partial charge in [0.05, 0.1) is 5.69 Å². The topological polar surface area (TPSA) is 15.7 Å². The van der Waals surface area contributed by atoms with E-state index in [0.29, 0.717) is 0 Å². The molecule has 0 bridgehead atoms. The number of hydrogen-bond donors (Lipinski definition) is 0. The van der Waals surface area contributed by atoms with Gasteiger partial charge in [0.25, 0.3) is 0 Å². The average Bonchev–Trinajstić information content (AvgIpc) is 3.36. The molecule has 0 fully saturated rings. The second-order valence-electron chi connectivity index (χ2n) is 16.1. The van der Waals surface area contributed by atoms with Crippen molar-refractivity contribution in [1.29, 1.82) is 0 Å². The molecule has 0 spiro atoms. The lowest BCUT2D eigenvalue weighted by Gasteiger charge is -2.29. The molecule has 0 amide bonds. The van der Waals surface area contributed by atoms with Crippen LogP contribution in [0.15, 0.2) is 243 Å². The highest BCUT2D eigenvalue weighted by Crippen LogP contribution is 2.53. The maximum atomic E-state index is 6.95. The molecule has 0 radical (unpaired) electrons. The fourth-order valence-corrected chi connectivity index (χ4v) is 9.46. The van der Waals surface area contributed by atoms with E-state index in [1.807, 2.05) is 0 Å². The first kappa shape index (κ1) is 36.5. The Bertz CT molecular complexity index is 3440. The van der Waals surface area contributed by atoms with Crippen molar-refractivity contribution < 1.29 is 4.74 Å². The summed E-state index contributed by atoms with van der Waals surface area (Å²) in [5.41, 5.74) is 13.5. The number of anilines is 6. The van der Waals surface area contributed by atoms with E-state index < -0.39 is 0 Å². The van der Waals surface area contributed by atoms with Gasteiger partial charge in [-0.1, -0.05) is 158 Å². The Hall–Kier alpha value is -8.40. The molecule has 12 rings (SSSR count). The summed E-state index contributed by atoms with van der Waals surface area (Å²) < 4.78 is 6.95. The lowest BCUT2D eigenvalue weighted by Crippen LogP contribution is -2.11. The number of hydrogen-bond acceptors (Lipinski definition) is 3. The van der Waals surface area contributed by atoms with Gasteiger partial charge in [-0.25, -0.2) is 0 Å². The summed E-state index contributed by atoms with van der Waals surface area (Å²) in [6.07, 6.45) is 0. The molecule has 296 valence electrons. The van der Waals surface area contributed by atoms with Crippen LogP contribution in [-0.2, 0) is 0 Å². The van der Waals surface area contributed by atoms with Gasteiger partial charge >= 0.3 is 0 Å². The summed E-state index contributed by atoms with van der Waals surface area (Å²) in [4.78, 5) is 4.70. The minimum atomic E-state index is 0.837. The van der Waals surface area contributed by atoms with Crippen LogP contribution in [-0.4, -0.2) is 0 Å². The van der Waals surface area contributed by atoms with E-state index in [2.05, 4.69) is 252 Å². The van der Waals surface area contributed by atoms with Crippen LogP contribution < -0.4 is 14.5 Å². The molecule has 11 aromatic carbocycles. The minimum Gasteiger partial charge on any atom is -0.456 e. The van der Waals surface area contributed by atoms with Gasteiger partial charge in [-0.2, -0.15) is 0 Å². The first-order chi connectivity index (χ1) is 31.2. The molecule has 11 aromatic rings. The lowest BCUT2D eigenvalue weighted by atomic mass is 9.88. The summed E-state index contributed by atoms with van der Waals surface area (Å²) >= 11 is 0. The molecule has 3 heteroatoms. The van der Waals surface area contributed by atoms with Gasteiger partial charge in [-0.3, -0.25) is 0 Å². The van der Waals surface area contributed by atoms with E-state index >= 15 is 0 Å². The molecule has 0 unspecified atom stereocenters. The fourth-order valence-electron chi connectivity index (χ4n) is 9.46. The van der Waals surface area contributed by atoms with Crippen molar-refractivity contribution >= 4 is 66.4 Å². The standard InChI is InChI=1S/C60H40N2O/c1-5-16-41(17-6-1)43-28-32-47(33-29-43)61(45-20-9-3-10-21-45)49-36-37-52-56-39-54-50-24-13-14-25-51(50)57(40-55(54)53-26-15-27-58(60(53)56)63-59(52)38-49)62(46-22-11-4-12-23-46)48-34-30-44(31-35-48)42-18-7-2-8-19-42/h1-40H.